The third kappa shape index (κ3) is 8.76. The van der Waals surface area contributed by atoms with Crippen molar-refractivity contribution in [2.75, 3.05) is 34.2 Å². The van der Waals surface area contributed by atoms with Gasteiger partial charge in [0.25, 0.3) is 0 Å². The Labute approximate surface area is 349 Å². The molecule has 12 nitrogen and oxygen atoms in total. The minimum Gasteiger partial charge on any atom is -0.370 e. The molecule has 2 aliphatic rings. The number of nitrogens with zero attached hydrogens (tertiary/aromatic N) is 10. The Kier molecular flexibility index (Phi) is 12.4. The first-order chi connectivity index (χ1) is 28.7. The molecule has 4 heterocycles. The standard InChI is InChI=1S/C47H62N12/c1-32(2)59(42-19-8-13-33-14-10-23-50-45(33)42)31-44-54-38-29-34(20-21-40(38)58(44)28-12-26-55(3)4)35-22-25-51-46-36(35)15-9-18-41(46)56(5)30-43-53-37-16-6-7-17-39(37)57(43)27-11-24-52-47(48)49/h6-7,10,14,16-17,20-23,25,29,32,41-42H,8-9,11-13,15,18-19,24,26-28,30-31H2,1-5H3,(H4,48,49,52). The molecule has 2 unspecified atom stereocenters. The van der Waals surface area contributed by atoms with Crippen molar-refractivity contribution in [2.45, 2.75) is 110 Å². The van der Waals surface area contributed by atoms with E-state index in [1.54, 1.807) is 0 Å². The van der Waals surface area contributed by atoms with Crippen LogP contribution in [0.5, 0.6) is 0 Å². The molecule has 0 spiro atoms. The highest BCUT2D eigenvalue weighted by atomic mass is 15.2. The van der Waals surface area contributed by atoms with E-state index in [0.717, 1.165) is 99.3 Å². The van der Waals surface area contributed by atoms with Crippen molar-refractivity contribution in [3.63, 3.8) is 0 Å². The first-order valence-corrected chi connectivity index (χ1v) is 21.7. The molecule has 59 heavy (non-hydrogen) atoms. The summed E-state index contributed by atoms with van der Waals surface area (Å²) in [6.07, 6.45) is 12.4. The Bertz CT molecular complexity index is 2400. The van der Waals surface area contributed by atoms with Crippen LogP contribution in [0.4, 0.5) is 0 Å². The predicted molar refractivity (Wildman–Crippen MR) is 239 cm³/mol. The summed E-state index contributed by atoms with van der Waals surface area (Å²) in [6.45, 7) is 9.47. The number of hydrogen-bond acceptors (Lipinski definition) is 8. The molecule has 0 aliphatic heterocycles. The van der Waals surface area contributed by atoms with Gasteiger partial charge in [-0.15, -0.1) is 0 Å². The van der Waals surface area contributed by atoms with Gasteiger partial charge in [-0.05, 0) is 152 Å². The van der Waals surface area contributed by atoms with Crippen molar-refractivity contribution >= 4 is 28.0 Å². The van der Waals surface area contributed by atoms with E-state index in [-0.39, 0.29) is 18.0 Å². The number of nitrogens with two attached hydrogens (primary N) is 2. The molecule has 0 saturated carbocycles. The third-order valence-electron chi connectivity index (χ3n) is 12.5. The van der Waals surface area contributed by atoms with Gasteiger partial charge in [0.2, 0.25) is 0 Å². The molecule has 12 heteroatoms. The summed E-state index contributed by atoms with van der Waals surface area (Å²) >= 11 is 0. The van der Waals surface area contributed by atoms with E-state index >= 15 is 0 Å². The van der Waals surface area contributed by atoms with Crippen LogP contribution in [0, 0.1) is 0 Å². The van der Waals surface area contributed by atoms with E-state index in [0.29, 0.717) is 19.1 Å². The lowest BCUT2D eigenvalue weighted by molar-refractivity contribution is 0.120. The van der Waals surface area contributed by atoms with E-state index in [9.17, 15) is 0 Å². The number of rotatable bonds is 16. The summed E-state index contributed by atoms with van der Waals surface area (Å²) < 4.78 is 4.82. The molecular formula is C47H62N12. The van der Waals surface area contributed by atoms with Crippen molar-refractivity contribution in [3.05, 3.63) is 107 Å². The average Bonchev–Trinajstić information content (AvgIpc) is 3.76. The second kappa shape index (κ2) is 18.0. The second-order valence-corrected chi connectivity index (χ2v) is 17.1. The molecule has 310 valence electrons. The van der Waals surface area contributed by atoms with Crippen LogP contribution in [0.15, 0.2) is 78.0 Å². The minimum atomic E-state index is 0.130. The van der Waals surface area contributed by atoms with E-state index in [4.69, 9.17) is 31.4 Å². The summed E-state index contributed by atoms with van der Waals surface area (Å²) in [5, 5.41) is 0. The first kappa shape index (κ1) is 40.6. The van der Waals surface area contributed by atoms with E-state index in [1.807, 2.05) is 12.4 Å². The zero-order valence-electron chi connectivity index (χ0n) is 35.7. The highest BCUT2D eigenvalue weighted by Crippen LogP contribution is 2.40. The Hall–Kier alpha value is -5.17. The topological polar surface area (TPSA) is 136 Å². The highest BCUT2D eigenvalue weighted by molar-refractivity contribution is 5.84. The van der Waals surface area contributed by atoms with Gasteiger partial charge in [0.15, 0.2) is 5.96 Å². The van der Waals surface area contributed by atoms with Crippen molar-refractivity contribution in [1.82, 2.24) is 43.8 Å². The Balaban J connectivity index is 1.09. The maximum absolute atomic E-state index is 5.61. The zero-order valence-corrected chi connectivity index (χ0v) is 35.7. The van der Waals surface area contributed by atoms with Crippen LogP contribution in [-0.4, -0.2) is 90.0 Å². The quantitative estimate of drug-likeness (QED) is 0.0590. The second-order valence-electron chi connectivity index (χ2n) is 17.1. The average molecular weight is 795 g/mol. The highest BCUT2D eigenvalue weighted by Gasteiger charge is 2.31. The van der Waals surface area contributed by atoms with Gasteiger partial charge in [0, 0.05) is 38.1 Å². The number of guanidine groups is 1. The van der Waals surface area contributed by atoms with Gasteiger partial charge in [0.05, 0.1) is 58.6 Å². The molecule has 2 aliphatic carbocycles. The van der Waals surface area contributed by atoms with E-state index in [2.05, 4.69) is 124 Å². The summed E-state index contributed by atoms with van der Waals surface area (Å²) in [6, 6.07) is 22.7. The van der Waals surface area contributed by atoms with Gasteiger partial charge in [-0.2, -0.15) is 0 Å². The number of hydrogen-bond donors (Lipinski definition) is 2. The van der Waals surface area contributed by atoms with Crippen molar-refractivity contribution in [2.24, 2.45) is 16.5 Å². The lowest BCUT2D eigenvalue weighted by atomic mass is 9.86. The Morgan fingerprint density at radius 1 is 0.780 bits per heavy atom. The van der Waals surface area contributed by atoms with Crippen LogP contribution in [0.1, 0.15) is 98.6 Å². The molecule has 0 bridgehead atoms. The fraction of sp³-hybridized carbons (Fsp3) is 0.468. The van der Waals surface area contributed by atoms with Gasteiger partial charge in [-0.3, -0.25) is 24.8 Å². The van der Waals surface area contributed by atoms with Crippen molar-refractivity contribution in [1.29, 1.82) is 0 Å². The summed E-state index contributed by atoms with van der Waals surface area (Å²) in [5.74, 6) is 2.31. The fourth-order valence-electron chi connectivity index (χ4n) is 9.62. The van der Waals surface area contributed by atoms with Crippen LogP contribution in [-0.2, 0) is 39.0 Å². The van der Waals surface area contributed by atoms with Gasteiger partial charge in [-0.25, -0.2) is 9.97 Å². The van der Waals surface area contributed by atoms with Crippen LogP contribution >= 0.6 is 0 Å². The largest absolute Gasteiger partial charge is 0.370 e. The number of benzene rings is 2. The lowest BCUT2D eigenvalue weighted by Gasteiger charge is -2.37. The fourth-order valence-corrected chi connectivity index (χ4v) is 9.62. The lowest BCUT2D eigenvalue weighted by Crippen LogP contribution is -2.37. The molecule has 6 aromatic rings. The third-order valence-corrected chi connectivity index (χ3v) is 12.5. The van der Waals surface area contributed by atoms with Gasteiger partial charge in [-0.1, -0.05) is 24.3 Å². The molecule has 8 rings (SSSR count). The van der Waals surface area contributed by atoms with Crippen LogP contribution in [0.2, 0.25) is 0 Å². The molecule has 0 amide bonds. The molecule has 2 atom stereocenters. The molecule has 0 saturated heterocycles. The minimum absolute atomic E-state index is 0.130. The number of para-hydroxylation sites is 2. The maximum Gasteiger partial charge on any atom is 0.185 e. The normalized spacial score (nSPS) is 16.8. The molecule has 4 aromatic heterocycles. The van der Waals surface area contributed by atoms with E-state index < -0.39 is 0 Å². The Morgan fingerprint density at radius 2 is 1.51 bits per heavy atom. The molecule has 0 radical (unpaired) electrons. The van der Waals surface area contributed by atoms with Gasteiger partial charge in [0.1, 0.15) is 11.6 Å². The Morgan fingerprint density at radius 3 is 2.32 bits per heavy atom. The van der Waals surface area contributed by atoms with Crippen molar-refractivity contribution in [3.8, 4) is 11.1 Å². The molecule has 4 N–H and O–H groups in total. The number of aromatic nitrogens is 6. The number of pyridine rings is 2. The summed E-state index contributed by atoms with van der Waals surface area (Å²) in [4.78, 5) is 32.2. The number of aliphatic imine (C=N–C) groups is 1. The first-order valence-electron chi connectivity index (χ1n) is 21.7. The molecular weight excluding hydrogens is 733 g/mol. The predicted octanol–water partition coefficient (Wildman–Crippen LogP) is 7.26. The summed E-state index contributed by atoms with van der Waals surface area (Å²) in [5.41, 5.74) is 23.3. The van der Waals surface area contributed by atoms with Crippen LogP contribution in [0.3, 0.4) is 0 Å². The van der Waals surface area contributed by atoms with Gasteiger partial charge < -0.3 is 25.5 Å². The SMILES string of the molecule is CC(C)N(Cc1nc2cc(-c3ccnc4c3CCCC4N(C)Cc3nc4ccccc4n3CCCN=C(N)N)ccc2n1CCCN(C)C)C1CCCc2cccnc21. The van der Waals surface area contributed by atoms with Crippen molar-refractivity contribution < 1.29 is 0 Å². The van der Waals surface area contributed by atoms with Crippen LogP contribution < -0.4 is 11.5 Å². The number of fused-ring (bicyclic) bond motifs is 4. The zero-order chi connectivity index (χ0) is 41.0. The molecule has 0 fully saturated rings. The van der Waals surface area contributed by atoms with Gasteiger partial charge >= 0.3 is 0 Å². The number of aryl methyl sites for hydroxylation is 3. The number of imidazole rings is 2. The summed E-state index contributed by atoms with van der Waals surface area (Å²) in [7, 11) is 6.53. The van der Waals surface area contributed by atoms with E-state index in [1.165, 1.54) is 45.6 Å². The van der Waals surface area contributed by atoms with Crippen LogP contribution in [0.25, 0.3) is 33.2 Å². The smallest absolute Gasteiger partial charge is 0.185 e. The molecule has 2 aromatic carbocycles. The monoisotopic (exact) mass is 795 g/mol. The maximum atomic E-state index is 5.61.